The summed E-state index contributed by atoms with van der Waals surface area (Å²) in [5.41, 5.74) is 1.20. The molecular formula is C18H25NOS. The highest BCUT2D eigenvalue weighted by Crippen LogP contribution is 2.19. The Hall–Kier alpha value is -1.16. The van der Waals surface area contributed by atoms with E-state index in [2.05, 4.69) is 49.9 Å². The highest BCUT2D eigenvalue weighted by Gasteiger charge is 2.16. The second kappa shape index (κ2) is 7.74. The fraction of sp³-hybridized carbons (Fsp3) is 0.444. The summed E-state index contributed by atoms with van der Waals surface area (Å²) >= 11 is 1.84. The van der Waals surface area contributed by atoms with Crippen molar-refractivity contribution in [3.63, 3.8) is 0 Å². The van der Waals surface area contributed by atoms with Gasteiger partial charge >= 0.3 is 0 Å². The molecule has 0 unspecified atom stereocenters. The van der Waals surface area contributed by atoms with E-state index in [1.54, 1.807) is 0 Å². The maximum atomic E-state index is 10.4. The summed E-state index contributed by atoms with van der Waals surface area (Å²) in [7, 11) is 0. The largest absolute Gasteiger partial charge is 0.391 e. The average molecular weight is 303 g/mol. The van der Waals surface area contributed by atoms with Crippen LogP contribution in [-0.2, 0) is 13.0 Å². The van der Waals surface area contributed by atoms with Crippen LogP contribution in [0.5, 0.6) is 0 Å². The minimum Gasteiger partial charge on any atom is -0.391 e. The lowest BCUT2D eigenvalue weighted by Gasteiger charge is -2.28. The zero-order valence-corrected chi connectivity index (χ0v) is 13.9. The number of hydrogen-bond acceptors (Lipinski definition) is 3. The van der Waals surface area contributed by atoms with Gasteiger partial charge in [-0.25, -0.2) is 0 Å². The van der Waals surface area contributed by atoms with E-state index < -0.39 is 0 Å². The number of aryl methyl sites for hydroxylation is 1. The summed E-state index contributed by atoms with van der Waals surface area (Å²) in [6, 6.07) is 15.0. The van der Waals surface area contributed by atoms with Gasteiger partial charge < -0.3 is 5.11 Å². The van der Waals surface area contributed by atoms with E-state index in [9.17, 15) is 5.11 Å². The van der Waals surface area contributed by atoms with Crippen LogP contribution in [0.2, 0.25) is 0 Å². The molecule has 1 atom stereocenters. The first-order valence-corrected chi connectivity index (χ1v) is 8.37. The topological polar surface area (TPSA) is 23.5 Å². The van der Waals surface area contributed by atoms with E-state index in [4.69, 9.17) is 0 Å². The minimum absolute atomic E-state index is 0.323. The van der Waals surface area contributed by atoms with Gasteiger partial charge in [-0.1, -0.05) is 30.3 Å². The molecule has 0 saturated heterocycles. The van der Waals surface area contributed by atoms with E-state index in [-0.39, 0.29) is 6.10 Å². The molecular weight excluding hydrogens is 278 g/mol. The van der Waals surface area contributed by atoms with Crippen molar-refractivity contribution in [1.29, 1.82) is 0 Å². The predicted octanol–water partition coefficient (Wildman–Crippen LogP) is 3.87. The van der Waals surface area contributed by atoms with Crippen molar-refractivity contribution < 1.29 is 5.11 Å². The van der Waals surface area contributed by atoms with Gasteiger partial charge in [0.2, 0.25) is 0 Å². The molecule has 0 aliphatic rings. The Morgan fingerprint density at radius 1 is 1.10 bits per heavy atom. The average Bonchev–Trinajstić information content (AvgIpc) is 2.84. The summed E-state index contributed by atoms with van der Waals surface area (Å²) < 4.78 is 0. The molecule has 0 bridgehead atoms. The van der Waals surface area contributed by atoms with Crippen molar-refractivity contribution in [3.8, 4) is 0 Å². The van der Waals surface area contributed by atoms with Crippen LogP contribution in [-0.4, -0.2) is 28.7 Å². The van der Waals surface area contributed by atoms with Crippen molar-refractivity contribution in [1.82, 2.24) is 4.90 Å². The summed E-state index contributed by atoms with van der Waals surface area (Å²) in [5, 5.41) is 10.4. The summed E-state index contributed by atoms with van der Waals surface area (Å²) in [6.07, 6.45) is 0.393. The second-order valence-corrected chi connectivity index (χ2v) is 7.25. The summed E-state index contributed by atoms with van der Waals surface area (Å²) in [5.74, 6) is 0. The third-order valence-corrected chi connectivity index (χ3v) is 4.63. The Kier molecular flexibility index (Phi) is 5.97. The zero-order valence-electron chi connectivity index (χ0n) is 13.1. The van der Waals surface area contributed by atoms with Crippen LogP contribution in [0.1, 0.15) is 29.2 Å². The van der Waals surface area contributed by atoms with Crippen molar-refractivity contribution in [2.24, 2.45) is 0 Å². The van der Waals surface area contributed by atoms with Gasteiger partial charge in [-0.15, -0.1) is 11.3 Å². The van der Waals surface area contributed by atoms with Crippen LogP contribution >= 0.6 is 11.3 Å². The number of thiophene rings is 1. The third kappa shape index (κ3) is 5.27. The fourth-order valence-electron chi connectivity index (χ4n) is 2.45. The molecule has 0 saturated carbocycles. The molecule has 1 aromatic carbocycles. The van der Waals surface area contributed by atoms with Crippen LogP contribution in [0.15, 0.2) is 42.5 Å². The molecule has 2 rings (SSSR count). The lowest BCUT2D eigenvalue weighted by atomic mass is 10.1. The van der Waals surface area contributed by atoms with E-state index in [1.807, 2.05) is 29.5 Å². The first kappa shape index (κ1) is 16.2. The number of aliphatic hydroxyl groups is 1. The fourth-order valence-corrected chi connectivity index (χ4v) is 3.37. The van der Waals surface area contributed by atoms with Gasteiger partial charge in [-0.2, -0.15) is 0 Å². The molecule has 114 valence electrons. The Bertz CT molecular complexity index is 535. The zero-order chi connectivity index (χ0) is 15.2. The van der Waals surface area contributed by atoms with Crippen molar-refractivity contribution >= 4 is 11.3 Å². The van der Waals surface area contributed by atoms with Crippen molar-refractivity contribution in [3.05, 3.63) is 57.8 Å². The predicted molar refractivity (Wildman–Crippen MR) is 90.8 cm³/mol. The molecule has 0 fully saturated rings. The van der Waals surface area contributed by atoms with Gasteiger partial charge in [-0.3, -0.25) is 4.90 Å². The standard InChI is InChI=1S/C18H25NOS/c1-14(2)19(13-18-10-9-15(3)21-18)12-17(20)11-16-7-5-4-6-8-16/h4-10,14,17,20H,11-13H2,1-3H3/t17-/m0/s1. The van der Waals surface area contributed by atoms with Gasteiger partial charge in [0.25, 0.3) is 0 Å². The molecule has 21 heavy (non-hydrogen) atoms. The quantitative estimate of drug-likeness (QED) is 0.839. The lowest BCUT2D eigenvalue weighted by molar-refractivity contribution is 0.0915. The highest BCUT2D eigenvalue weighted by molar-refractivity contribution is 7.11. The monoisotopic (exact) mass is 303 g/mol. The number of hydrogen-bond donors (Lipinski definition) is 1. The van der Waals surface area contributed by atoms with E-state index in [0.717, 1.165) is 6.54 Å². The van der Waals surface area contributed by atoms with E-state index in [0.29, 0.717) is 19.0 Å². The molecule has 3 heteroatoms. The number of aliphatic hydroxyl groups excluding tert-OH is 1. The SMILES string of the molecule is Cc1ccc(CN(C[C@@H](O)Cc2ccccc2)C(C)C)s1. The molecule has 0 aliphatic heterocycles. The van der Waals surface area contributed by atoms with Crippen LogP contribution in [0, 0.1) is 6.92 Å². The van der Waals surface area contributed by atoms with Crippen LogP contribution in [0.3, 0.4) is 0 Å². The molecule has 1 N–H and O–H groups in total. The Morgan fingerprint density at radius 3 is 2.38 bits per heavy atom. The molecule has 1 heterocycles. The van der Waals surface area contributed by atoms with Gasteiger partial charge in [-0.05, 0) is 44.9 Å². The van der Waals surface area contributed by atoms with Gasteiger partial charge in [0, 0.05) is 28.9 Å². The molecule has 2 nitrogen and oxygen atoms in total. The lowest BCUT2D eigenvalue weighted by Crippen LogP contribution is -2.37. The molecule has 2 aromatic rings. The van der Waals surface area contributed by atoms with Crippen LogP contribution in [0.4, 0.5) is 0 Å². The van der Waals surface area contributed by atoms with Gasteiger partial charge in [0.15, 0.2) is 0 Å². The van der Waals surface area contributed by atoms with Crippen LogP contribution < -0.4 is 0 Å². The maximum Gasteiger partial charge on any atom is 0.0707 e. The molecule has 0 aliphatic carbocycles. The van der Waals surface area contributed by atoms with Crippen LogP contribution in [0.25, 0.3) is 0 Å². The molecule has 0 amide bonds. The first-order valence-electron chi connectivity index (χ1n) is 7.56. The molecule has 0 radical (unpaired) electrons. The summed E-state index contributed by atoms with van der Waals surface area (Å²) in [4.78, 5) is 5.06. The summed E-state index contributed by atoms with van der Waals surface area (Å²) in [6.45, 7) is 8.15. The Morgan fingerprint density at radius 2 is 1.81 bits per heavy atom. The van der Waals surface area contributed by atoms with E-state index in [1.165, 1.54) is 15.3 Å². The van der Waals surface area contributed by atoms with Gasteiger partial charge in [0.1, 0.15) is 0 Å². The number of benzene rings is 1. The van der Waals surface area contributed by atoms with Crippen molar-refractivity contribution in [2.45, 2.75) is 45.9 Å². The van der Waals surface area contributed by atoms with Gasteiger partial charge in [0.05, 0.1) is 6.10 Å². The second-order valence-electron chi connectivity index (χ2n) is 5.88. The third-order valence-electron chi connectivity index (χ3n) is 3.64. The molecule has 0 spiro atoms. The smallest absolute Gasteiger partial charge is 0.0707 e. The molecule has 1 aromatic heterocycles. The number of rotatable bonds is 7. The Balaban J connectivity index is 1.93. The Labute approximate surface area is 132 Å². The first-order chi connectivity index (χ1) is 10.0. The minimum atomic E-state index is -0.323. The highest BCUT2D eigenvalue weighted by atomic mass is 32.1. The maximum absolute atomic E-state index is 10.4. The normalized spacial score (nSPS) is 13.0. The van der Waals surface area contributed by atoms with E-state index >= 15 is 0 Å². The van der Waals surface area contributed by atoms with Crippen molar-refractivity contribution in [2.75, 3.05) is 6.54 Å². The number of nitrogens with zero attached hydrogens (tertiary/aromatic N) is 1.